The Bertz CT molecular complexity index is 516. The third-order valence-corrected chi connectivity index (χ3v) is 3.05. The largest absolute Gasteiger partial charge is 0.394 e. The van der Waals surface area contributed by atoms with Gasteiger partial charge in [0.25, 0.3) is 0 Å². The van der Waals surface area contributed by atoms with E-state index in [2.05, 4.69) is 48.1 Å². The summed E-state index contributed by atoms with van der Waals surface area (Å²) >= 11 is 0. The smallest absolute Gasteiger partial charge is 0.125 e. The van der Waals surface area contributed by atoms with Crippen LogP contribution in [0.2, 0.25) is 0 Å². The standard InChI is InChI=1S/C15H21N3O/c1-10(2)7-11-3-5-12(6-4-11)14-8-17-15(18-14)13(16)9-19/h3-6,8,10,13,19H,7,9,16H2,1-2H3,(H,17,18). The topological polar surface area (TPSA) is 74.9 Å². The van der Waals surface area contributed by atoms with Crippen molar-refractivity contribution in [2.24, 2.45) is 11.7 Å². The molecule has 0 aliphatic carbocycles. The number of rotatable bonds is 5. The molecule has 19 heavy (non-hydrogen) atoms. The van der Waals surface area contributed by atoms with Gasteiger partial charge in [-0.2, -0.15) is 0 Å². The van der Waals surface area contributed by atoms with Gasteiger partial charge in [0.05, 0.1) is 24.5 Å². The Labute approximate surface area is 113 Å². The van der Waals surface area contributed by atoms with Crippen LogP contribution in [-0.2, 0) is 6.42 Å². The molecule has 0 bridgehead atoms. The van der Waals surface area contributed by atoms with Gasteiger partial charge in [-0.05, 0) is 23.5 Å². The Morgan fingerprint density at radius 1 is 1.26 bits per heavy atom. The van der Waals surface area contributed by atoms with E-state index in [9.17, 15) is 0 Å². The first-order chi connectivity index (χ1) is 9.10. The predicted molar refractivity (Wildman–Crippen MR) is 76.6 cm³/mol. The third kappa shape index (κ3) is 3.43. The van der Waals surface area contributed by atoms with Gasteiger partial charge in [-0.3, -0.25) is 0 Å². The summed E-state index contributed by atoms with van der Waals surface area (Å²) in [6.45, 7) is 4.32. The minimum Gasteiger partial charge on any atom is -0.394 e. The number of imidazole rings is 1. The zero-order valence-corrected chi connectivity index (χ0v) is 11.4. The highest BCUT2D eigenvalue weighted by Gasteiger charge is 2.09. The molecule has 4 N–H and O–H groups in total. The number of nitrogens with one attached hydrogen (secondary N) is 1. The van der Waals surface area contributed by atoms with E-state index in [1.54, 1.807) is 6.20 Å². The van der Waals surface area contributed by atoms with Gasteiger partial charge >= 0.3 is 0 Å². The van der Waals surface area contributed by atoms with Crippen molar-refractivity contribution in [2.45, 2.75) is 26.3 Å². The fourth-order valence-electron chi connectivity index (χ4n) is 2.05. The quantitative estimate of drug-likeness (QED) is 0.771. The van der Waals surface area contributed by atoms with Crippen molar-refractivity contribution >= 4 is 0 Å². The van der Waals surface area contributed by atoms with E-state index in [4.69, 9.17) is 10.8 Å². The number of hydrogen-bond acceptors (Lipinski definition) is 3. The van der Waals surface area contributed by atoms with Crippen LogP contribution in [0, 0.1) is 5.92 Å². The molecule has 102 valence electrons. The van der Waals surface area contributed by atoms with Crippen LogP contribution in [0.3, 0.4) is 0 Å². The van der Waals surface area contributed by atoms with Gasteiger partial charge in [-0.1, -0.05) is 38.1 Å². The number of hydrogen-bond donors (Lipinski definition) is 3. The summed E-state index contributed by atoms with van der Waals surface area (Å²) in [5.74, 6) is 1.27. The summed E-state index contributed by atoms with van der Waals surface area (Å²) in [5, 5.41) is 9.00. The van der Waals surface area contributed by atoms with Crippen molar-refractivity contribution in [1.82, 2.24) is 9.97 Å². The van der Waals surface area contributed by atoms with Crippen molar-refractivity contribution < 1.29 is 5.11 Å². The molecule has 0 fully saturated rings. The van der Waals surface area contributed by atoms with Crippen LogP contribution in [0.1, 0.15) is 31.3 Å². The van der Waals surface area contributed by atoms with Gasteiger partial charge in [-0.25, -0.2) is 4.98 Å². The zero-order valence-electron chi connectivity index (χ0n) is 11.4. The Balaban J connectivity index is 2.15. The lowest BCUT2D eigenvalue weighted by Gasteiger charge is -2.06. The molecule has 0 spiro atoms. The van der Waals surface area contributed by atoms with Crippen LogP contribution >= 0.6 is 0 Å². The van der Waals surface area contributed by atoms with E-state index in [1.807, 2.05) is 0 Å². The second-order valence-electron chi connectivity index (χ2n) is 5.27. The van der Waals surface area contributed by atoms with Gasteiger partial charge < -0.3 is 15.8 Å². The average Bonchev–Trinajstić information content (AvgIpc) is 2.87. The summed E-state index contributed by atoms with van der Waals surface area (Å²) in [6.07, 6.45) is 2.84. The molecule has 0 saturated heterocycles. The van der Waals surface area contributed by atoms with Gasteiger partial charge in [0.2, 0.25) is 0 Å². The molecule has 0 aliphatic rings. The normalized spacial score (nSPS) is 12.9. The molecule has 4 heteroatoms. The first-order valence-corrected chi connectivity index (χ1v) is 6.60. The number of nitrogens with zero attached hydrogens (tertiary/aromatic N) is 1. The molecule has 0 radical (unpaired) electrons. The predicted octanol–water partition coefficient (Wildman–Crippen LogP) is 2.27. The molecule has 4 nitrogen and oxygen atoms in total. The monoisotopic (exact) mass is 259 g/mol. The molecular formula is C15H21N3O. The summed E-state index contributed by atoms with van der Waals surface area (Å²) in [5.41, 5.74) is 9.07. The molecule has 1 unspecified atom stereocenters. The van der Waals surface area contributed by atoms with Crippen LogP contribution in [-0.4, -0.2) is 21.7 Å². The van der Waals surface area contributed by atoms with Crippen molar-refractivity contribution in [2.75, 3.05) is 6.61 Å². The Morgan fingerprint density at radius 2 is 1.95 bits per heavy atom. The van der Waals surface area contributed by atoms with E-state index < -0.39 is 6.04 Å². The molecule has 2 rings (SSSR count). The first kappa shape index (κ1) is 13.8. The number of aliphatic hydroxyl groups excluding tert-OH is 1. The second-order valence-corrected chi connectivity index (χ2v) is 5.27. The maximum Gasteiger partial charge on any atom is 0.125 e. The first-order valence-electron chi connectivity index (χ1n) is 6.60. The molecule has 1 aromatic carbocycles. The Hall–Kier alpha value is -1.65. The summed E-state index contributed by atoms with van der Waals surface area (Å²) in [6, 6.07) is 8.00. The molecule has 0 amide bonds. The molecular weight excluding hydrogens is 238 g/mol. The Kier molecular flexibility index (Phi) is 4.35. The maximum absolute atomic E-state index is 9.00. The van der Waals surface area contributed by atoms with Gasteiger partial charge in [0, 0.05) is 0 Å². The van der Waals surface area contributed by atoms with Crippen LogP contribution in [0.5, 0.6) is 0 Å². The third-order valence-electron chi connectivity index (χ3n) is 3.05. The molecule has 2 aromatic rings. The lowest BCUT2D eigenvalue weighted by Crippen LogP contribution is -2.15. The lowest BCUT2D eigenvalue weighted by molar-refractivity contribution is 0.264. The Morgan fingerprint density at radius 3 is 2.53 bits per heavy atom. The van der Waals surface area contributed by atoms with Crippen LogP contribution in [0.25, 0.3) is 11.3 Å². The number of nitrogens with two attached hydrogens (primary N) is 1. The number of aromatic nitrogens is 2. The van der Waals surface area contributed by atoms with Crippen molar-refractivity contribution in [3.8, 4) is 11.3 Å². The van der Waals surface area contributed by atoms with Gasteiger partial charge in [0.1, 0.15) is 5.82 Å². The van der Waals surface area contributed by atoms with Crippen molar-refractivity contribution in [1.29, 1.82) is 0 Å². The average molecular weight is 259 g/mol. The highest BCUT2D eigenvalue weighted by Crippen LogP contribution is 2.20. The van der Waals surface area contributed by atoms with Gasteiger partial charge in [0.15, 0.2) is 0 Å². The highest BCUT2D eigenvalue weighted by molar-refractivity contribution is 5.58. The SMILES string of the molecule is CC(C)Cc1ccc(-c2cnc(C(N)CO)[nH]2)cc1. The fraction of sp³-hybridized carbons (Fsp3) is 0.400. The maximum atomic E-state index is 9.00. The minimum atomic E-state index is -0.450. The van der Waals surface area contributed by atoms with E-state index >= 15 is 0 Å². The highest BCUT2D eigenvalue weighted by atomic mass is 16.3. The number of aliphatic hydroxyl groups is 1. The second kappa shape index (κ2) is 5.99. The number of H-pyrrole nitrogens is 1. The van der Waals surface area contributed by atoms with E-state index in [-0.39, 0.29) is 6.61 Å². The zero-order chi connectivity index (χ0) is 13.8. The molecule has 0 aliphatic heterocycles. The summed E-state index contributed by atoms with van der Waals surface area (Å²) in [4.78, 5) is 7.34. The number of benzene rings is 1. The van der Waals surface area contributed by atoms with Crippen molar-refractivity contribution in [3.63, 3.8) is 0 Å². The molecule has 0 saturated carbocycles. The molecule has 1 heterocycles. The van der Waals surface area contributed by atoms with Crippen LogP contribution in [0.15, 0.2) is 30.5 Å². The molecule has 1 aromatic heterocycles. The van der Waals surface area contributed by atoms with Crippen LogP contribution in [0.4, 0.5) is 0 Å². The fourth-order valence-corrected chi connectivity index (χ4v) is 2.05. The van der Waals surface area contributed by atoms with Gasteiger partial charge in [-0.15, -0.1) is 0 Å². The van der Waals surface area contributed by atoms with Crippen LogP contribution < -0.4 is 5.73 Å². The minimum absolute atomic E-state index is 0.111. The molecule has 1 atom stereocenters. The van der Waals surface area contributed by atoms with E-state index in [0.29, 0.717) is 11.7 Å². The summed E-state index contributed by atoms with van der Waals surface area (Å²) < 4.78 is 0. The number of aromatic amines is 1. The van der Waals surface area contributed by atoms with E-state index in [1.165, 1.54) is 5.56 Å². The lowest BCUT2D eigenvalue weighted by atomic mass is 10.0. The van der Waals surface area contributed by atoms with Crippen molar-refractivity contribution in [3.05, 3.63) is 41.9 Å². The van der Waals surface area contributed by atoms with E-state index in [0.717, 1.165) is 17.7 Å². The summed E-state index contributed by atoms with van der Waals surface area (Å²) in [7, 11) is 0.